The minimum absolute atomic E-state index is 0.0828. The topological polar surface area (TPSA) is 22.1 Å². The molecule has 2 radical (unpaired) electrons. The van der Waals surface area contributed by atoms with Crippen LogP contribution >= 0.6 is 11.6 Å². The number of nitrogens with zero attached hydrogens (tertiary/aromatic N) is 1. The Labute approximate surface area is 105 Å². The van der Waals surface area contributed by atoms with E-state index in [1.807, 2.05) is 0 Å². The van der Waals surface area contributed by atoms with Crippen molar-refractivity contribution in [3.8, 4) is 5.88 Å². The van der Waals surface area contributed by atoms with Crippen LogP contribution in [0.3, 0.4) is 0 Å². The molecule has 0 saturated heterocycles. The molecule has 0 N–H and O–H groups in total. The van der Waals surface area contributed by atoms with Crippen molar-refractivity contribution in [1.29, 1.82) is 0 Å². The summed E-state index contributed by atoms with van der Waals surface area (Å²) in [5.41, 5.74) is 0.776. The van der Waals surface area contributed by atoms with Crippen molar-refractivity contribution in [3.05, 3.63) is 52.8 Å². The first kappa shape index (κ1) is 11.9. The van der Waals surface area contributed by atoms with E-state index in [9.17, 15) is 4.39 Å². The van der Waals surface area contributed by atoms with Crippen LogP contribution < -0.4 is 10.3 Å². The molecule has 0 unspecified atom stereocenters. The van der Waals surface area contributed by atoms with Gasteiger partial charge in [-0.25, -0.2) is 9.37 Å². The average Bonchev–Trinajstić information content (AvgIpc) is 2.28. The Bertz CT molecular complexity index is 536. The summed E-state index contributed by atoms with van der Waals surface area (Å²) in [6.07, 6.45) is 0. The second-order valence-corrected chi connectivity index (χ2v) is 3.86. The quantitative estimate of drug-likeness (QED) is 0.776. The number of hydrogen-bond donors (Lipinski definition) is 0. The smallest absolute Gasteiger partial charge is 0.212 e. The van der Waals surface area contributed by atoms with Crippen LogP contribution in [0.15, 0.2) is 36.4 Å². The molecule has 1 aromatic heterocycles. The zero-order valence-electron chi connectivity index (χ0n) is 8.86. The summed E-state index contributed by atoms with van der Waals surface area (Å²) in [5.74, 6) is -0.0410. The summed E-state index contributed by atoms with van der Waals surface area (Å²) >= 11 is 5.65. The van der Waals surface area contributed by atoms with Gasteiger partial charge in [-0.1, -0.05) is 29.8 Å². The molecule has 0 spiro atoms. The molecule has 2 nitrogen and oxygen atoms in total. The second-order valence-electron chi connectivity index (χ2n) is 3.43. The Morgan fingerprint density at radius 2 is 2.12 bits per heavy atom. The largest absolute Gasteiger partial charge is 0.473 e. The van der Waals surface area contributed by atoms with Crippen LogP contribution in [0.25, 0.3) is 0 Å². The third kappa shape index (κ3) is 3.20. The van der Waals surface area contributed by atoms with Gasteiger partial charge in [0.15, 0.2) is 0 Å². The number of aromatic nitrogens is 1. The molecule has 1 heterocycles. The van der Waals surface area contributed by atoms with Crippen LogP contribution in [0, 0.1) is 5.82 Å². The number of ether oxygens (including phenoxy) is 1. The summed E-state index contributed by atoms with van der Waals surface area (Å²) in [7, 11) is 5.49. The normalized spacial score (nSPS) is 10.2. The van der Waals surface area contributed by atoms with Crippen molar-refractivity contribution < 1.29 is 9.13 Å². The van der Waals surface area contributed by atoms with Gasteiger partial charge in [0, 0.05) is 16.7 Å². The first-order valence-corrected chi connectivity index (χ1v) is 5.32. The highest BCUT2D eigenvalue weighted by Crippen LogP contribution is 2.16. The molecule has 0 aliphatic carbocycles. The van der Waals surface area contributed by atoms with Crippen LogP contribution in [0.5, 0.6) is 5.88 Å². The van der Waals surface area contributed by atoms with Gasteiger partial charge in [0.2, 0.25) is 5.88 Å². The predicted molar refractivity (Wildman–Crippen MR) is 65.4 cm³/mol. The molecule has 0 aliphatic heterocycles. The van der Waals surface area contributed by atoms with E-state index in [-0.39, 0.29) is 6.61 Å². The molecule has 0 aliphatic rings. The summed E-state index contributed by atoms with van der Waals surface area (Å²) in [4.78, 5) is 3.94. The van der Waals surface area contributed by atoms with E-state index in [1.54, 1.807) is 30.3 Å². The maximum absolute atomic E-state index is 13.4. The van der Waals surface area contributed by atoms with E-state index in [4.69, 9.17) is 24.2 Å². The van der Waals surface area contributed by atoms with Crippen molar-refractivity contribution in [2.75, 3.05) is 0 Å². The van der Waals surface area contributed by atoms with Crippen molar-refractivity contribution >= 4 is 25.0 Å². The molecule has 0 fully saturated rings. The lowest BCUT2D eigenvalue weighted by Crippen LogP contribution is -2.09. The number of hydrogen-bond acceptors (Lipinski definition) is 2. The third-order valence-electron chi connectivity index (χ3n) is 2.14. The first-order chi connectivity index (χ1) is 8.15. The van der Waals surface area contributed by atoms with Crippen LogP contribution in [-0.4, -0.2) is 12.8 Å². The van der Waals surface area contributed by atoms with Gasteiger partial charge >= 0.3 is 0 Å². The maximum atomic E-state index is 13.4. The lowest BCUT2D eigenvalue weighted by Gasteiger charge is -2.07. The van der Waals surface area contributed by atoms with E-state index < -0.39 is 5.82 Å². The van der Waals surface area contributed by atoms with Crippen molar-refractivity contribution in [1.82, 2.24) is 4.98 Å². The van der Waals surface area contributed by atoms with E-state index >= 15 is 0 Å². The zero-order valence-corrected chi connectivity index (χ0v) is 9.62. The number of pyridine rings is 1. The fourth-order valence-corrected chi connectivity index (χ4v) is 1.46. The minimum Gasteiger partial charge on any atom is -0.473 e. The molecular formula is C12H8BClFNO. The second kappa shape index (κ2) is 5.19. The van der Waals surface area contributed by atoms with Crippen LogP contribution in [-0.2, 0) is 6.61 Å². The molecule has 0 saturated carbocycles. The molecular weight excluding hydrogens is 239 g/mol. The van der Waals surface area contributed by atoms with Crippen LogP contribution in [0.2, 0.25) is 5.02 Å². The predicted octanol–water partition coefficient (Wildman–Crippen LogP) is 2.25. The number of benzene rings is 1. The Morgan fingerprint density at radius 1 is 1.29 bits per heavy atom. The molecule has 84 valence electrons. The molecule has 1 aromatic carbocycles. The number of halogens is 2. The minimum atomic E-state index is -0.401. The Morgan fingerprint density at radius 3 is 2.82 bits per heavy atom. The molecule has 2 rings (SSSR count). The molecule has 2 aromatic rings. The van der Waals surface area contributed by atoms with Gasteiger partial charge in [-0.3, -0.25) is 0 Å². The SMILES string of the molecule is [B]c1cccc(OCc2ccc(Cl)cc2F)n1. The monoisotopic (exact) mass is 247 g/mol. The highest BCUT2D eigenvalue weighted by Gasteiger charge is 2.04. The van der Waals surface area contributed by atoms with E-state index in [2.05, 4.69) is 4.98 Å². The van der Waals surface area contributed by atoms with Gasteiger partial charge in [-0.05, 0) is 17.7 Å². The highest BCUT2D eigenvalue weighted by atomic mass is 35.5. The Kier molecular flexibility index (Phi) is 3.64. The van der Waals surface area contributed by atoms with Crippen molar-refractivity contribution in [2.24, 2.45) is 0 Å². The fourth-order valence-electron chi connectivity index (χ4n) is 1.30. The number of rotatable bonds is 3. The lowest BCUT2D eigenvalue weighted by molar-refractivity contribution is 0.289. The molecule has 0 atom stereocenters. The first-order valence-electron chi connectivity index (χ1n) is 4.94. The molecule has 0 amide bonds. The van der Waals surface area contributed by atoms with Gasteiger partial charge in [0.25, 0.3) is 0 Å². The van der Waals surface area contributed by atoms with Gasteiger partial charge in [0.05, 0.1) is 0 Å². The summed E-state index contributed by atoms with van der Waals surface area (Å²) < 4.78 is 18.7. The van der Waals surface area contributed by atoms with E-state index in [0.717, 1.165) is 0 Å². The average molecular weight is 247 g/mol. The van der Waals surface area contributed by atoms with Crippen molar-refractivity contribution in [2.45, 2.75) is 6.61 Å². The van der Waals surface area contributed by atoms with Gasteiger partial charge in [-0.2, -0.15) is 0 Å². The summed E-state index contributed by atoms with van der Waals surface area (Å²) in [5, 5.41) is 0.355. The molecule has 5 heteroatoms. The van der Waals surface area contributed by atoms with E-state index in [0.29, 0.717) is 22.1 Å². The summed E-state index contributed by atoms with van der Waals surface area (Å²) in [6, 6.07) is 9.45. The lowest BCUT2D eigenvalue weighted by atomic mass is 10.0. The van der Waals surface area contributed by atoms with Gasteiger partial charge < -0.3 is 4.74 Å². The van der Waals surface area contributed by atoms with Crippen LogP contribution in [0.4, 0.5) is 4.39 Å². The summed E-state index contributed by atoms with van der Waals surface area (Å²) in [6.45, 7) is 0.0828. The van der Waals surface area contributed by atoms with Gasteiger partial charge in [0.1, 0.15) is 20.3 Å². The molecule has 17 heavy (non-hydrogen) atoms. The Balaban J connectivity index is 2.07. The van der Waals surface area contributed by atoms with Gasteiger partial charge in [-0.15, -0.1) is 0 Å². The maximum Gasteiger partial charge on any atom is 0.212 e. The van der Waals surface area contributed by atoms with E-state index in [1.165, 1.54) is 6.07 Å². The standard InChI is InChI=1S/C12H8BClFNO/c13-11-2-1-3-12(16-11)17-7-8-4-5-9(14)6-10(8)15/h1-6H,7H2. The fraction of sp³-hybridized carbons (Fsp3) is 0.0833. The Hall–Kier alpha value is -1.55. The highest BCUT2D eigenvalue weighted by molar-refractivity contribution is 6.30. The van der Waals surface area contributed by atoms with Crippen LogP contribution in [0.1, 0.15) is 5.56 Å². The zero-order chi connectivity index (χ0) is 12.3. The molecule has 0 bridgehead atoms. The third-order valence-corrected chi connectivity index (χ3v) is 2.37. The van der Waals surface area contributed by atoms with Crippen molar-refractivity contribution in [3.63, 3.8) is 0 Å².